The number of benzene rings is 1. The number of hydrogen-bond donors (Lipinski definition) is 0. The summed E-state index contributed by atoms with van der Waals surface area (Å²) in [7, 11) is 0. The molecule has 0 aromatic heterocycles. The molecule has 1 atom stereocenters. The molecule has 0 saturated heterocycles. The van der Waals surface area contributed by atoms with Gasteiger partial charge in [0.15, 0.2) is 0 Å². The van der Waals surface area contributed by atoms with Gasteiger partial charge < -0.3 is 0 Å². The minimum Gasteiger partial charge on any atom is -0.298 e. The maximum atomic E-state index is 10.5. The molecule has 1 aromatic rings. The average molecular weight is 202 g/mol. The van der Waals surface area contributed by atoms with Gasteiger partial charge in [-0.1, -0.05) is 44.0 Å². The van der Waals surface area contributed by atoms with Crippen LogP contribution in [0, 0.1) is 5.92 Å². The van der Waals surface area contributed by atoms with Gasteiger partial charge in [-0.25, -0.2) is 0 Å². The van der Waals surface area contributed by atoms with Gasteiger partial charge >= 0.3 is 0 Å². The van der Waals surface area contributed by atoms with Crippen molar-refractivity contribution in [3.05, 3.63) is 35.4 Å². The van der Waals surface area contributed by atoms with E-state index in [-0.39, 0.29) is 0 Å². The van der Waals surface area contributed by atoms with Crippen LogP contribution in [-0.4, -0.2) is 6.29 Å². The largest absolute Gasteiger partial charge is 0.298 e. The Labute approximate surface area is 91.5 Å². The van der Waals surface area contributed by atoms with Gasteiger partial charge in [0, 0.05) is 5.56 Å². The van der Waals surface area contributed by atoms with E-state index in [0.717, 1.165) is 17.8 Å². The fraction of sp³-hybridized carbons (Fsp3) is 0.500. The molecular weight excluding hydrogens is 184 g/mol. The maximum absolute atomic E-state index is 10.5. The highest BCUT2D eigenvalue weighted by molar-refractivity contribution is 5.74. The minimum atomic E-state index is 0.646. The Morgan fingerprint density at radius 1 is 1.20 bits per heavy atom. The van der Waals surface area contributed by atoms with Crippen LogP contribution in [0.25, 0.3) is 0 Å². The van der Waals surface area contributed by atoms with Crippen molar-refractivity contribution in [2.24, 2.45) is 5.92 Å². The van der Waals surface area contributed by atoms with Crippen LogP contribution in [0.3, 0.4) is 0 Å². The van der Waals surface area contributed by atoms with Crippen molar-refractivity contribution in [3.63, 3.8) is 0 Å². The Morgan fingerprint density at radius 3 is 2.33 bits per heavy atom. The van der Waals surface area contributed by atoms with Crippen LogP contribution in [-0.2, 0) is 0 Å². The van der Waals surface area contributed by atoms with Crippen LogP contribution in [0.4, 0.5) is 0 Å². The summed E-state index contributed by atoms with van der Waals surface area (Å²) in [5.74, 6) is 1.50. The van der Waals surface area contributed by atoms with Gasteiger partial charge in [-0.05, 0) is 30.2 Å². The quantitative estimate of drug-likeness (QED) is 0.681. The van der Waals surface area contributed by atoms with E-state index in [9.17, 15) is 4.79 Å². The molecule has 0 radical (unpaired) electrons. The summed E-state index contributed by atoms with van der Waals surface area (Å²) in [6.45, 7) is 2.31. The normalized spacial score (nSPS) is 19.0. The topological polar surface area (TPSA) is 17.1 Å². The summed E-state index contributed by atoms with van der Waals surface area (Å²) < 4.78 is 0. The second-order valence-electron chi connectivity index (χ2n) is 4.62. The smallest absolute Gasteiger partial charge is 0.150 e. The van der Waals surface area contributed by atoms with Crippen LogP contribution >= 0.6 is 0 Å². The monoisotopic (exact) mass is 202 g/mol. The van der Waals surface area contributed by atoms with E-state index in [2.05, 4.69) is 19.1 Å². The Kier molecular flexibility index (Phi) is 3.20. The fourth-order valence-electron chi connectivity index (χ4n) is 2.61. The van der Waals surface area contributed by atoms with Crippen molar-refractivity contribution in [1.82, 2.24) is 0 Å². The van der Waals surface area contributed by atoms with Crippen LogP contribution in [0.2, 0.25) is 0 Å². The summed E-state index contributed by atoms with van der Waals surface area (Å²) in [6.07, 6.45) is 6.43. The zero-order valence-corrected chi connectivity index (χ0v) is 9.28. The van der Waals surface area contributed by atoms with Crippen molar-refractivity contribution < 1.29 is 4.79 Å². The SMILES string of the molecule is CC(c1ccc(C=O)cc1)C1CCCC1. The number of carbonyl (C=O) groups excluding carboxylic acids is 1. The van der Waals surface area contributed by atoms with Crippen molar-refractivity contribution in [3.8, 4) is 0 Å². The minimum absolute atomic E-state index is 0.646. The maximum Gasteiger partial charge on any atom is 0.150 e. The summed E-state index contributed by atoms with van der Waals surface area (Å²) in [4.78, 5) is 10.5. The molecule has 1 unspecified atom stereocenters. The van der Waals surface area contributed by atoms with E-state index in [1.54, 1.807) is 0 Å². The molecule has 1 saturated carbocycles. The molecule has 1 aromatic carbocycles. The van der Waals surface area contributed by atoms with Crippen LogP contribution in [0.5, 0.6) is 0 Å². The van der Waals surface area contributed by atoms with Crippen LogP contribution < -0.4 is 0 Å². The van der Waals surface area contributed by atoms with Gasteiger partial charge in [-0.2, -0.15) is 0 Å². The Hall–Kier alpha value is -1.11. The van der Waals surface area contributed by atoms with Crippen molar-refractivity contribution in [2.45, 2.75) is 38.5 Å². The standard InChI is InChI=1S/C14H18O/c1-11(13-4-2-3-5-13)14-8-6-12(10-15)7-9-14/h6-11,13H,2-5H2,1H3. The van der Waals surface area contributed by atoms with Gasteiger partial charge in [0.05, 0.1) is 0 Å². The first-order valence-corrected chi connectivity index (χ1v) is 5.86. The predicted octanol–water partition coefficient (Wildman–Crippen LogP) is 3.79. The first-order valence-electron chi connectivity index (χ1n) is 5.86. The molecule has 2 rings (SSSR count). The van der Waals surface area contributed by atoms with Gasteiger partial charge in [-0.3, -0.25) is 4.79 Å². The number of carbonyl (C=O) groups is 1. The predicted molar refractivity (Wildman–Crippen MR) is 62.2 cm³/mol. The molecule has 15 heavy (non-hydrogen) atoms. The van der Waals surface area contributed by atoms with Crippen LogP contribution in [0.15, 0.2) is 24.3 Å². The lowest BCUT2D eigenvalue weighted by molar-refractivity contribution is 0.112. The highest BCUT2D eigenvalue weighted by Crippen LogP contribution is 2.36. The Bertz CT molecular complexity index is 320. The molecule has 1 nitrogen and oxygen atoms in total. The zero-order valence-electron chi connectivity index (χ0n) is 9.28. The average Bonchev–Trinajstić information content (AvgIpc) is 2.82. The summed E-state index contributed by atoms with van der Waals surface area (Å²) >= 11 is 0. The van der Waals surface area contributed by atoms with E-state index < -0.39 is 0 Å². The third kappa shape index (κ3) is 2.28. The second kappa shape index (κ2) is 4.61. The molecule has 0 bridgehead atoms. The lowest BCUT2D eigenvalue weighted by atomic mass is 9.86. The Balaban J connectivity index is 2.10. The third-order valence-electron chi connectivity index (χ3n) is 3.71. The van der Waals surface area contributed by atoms with Crippen molar-refractivity contribution in [2.75, 3.05) is 0 Å². The summed E-state index contributed by atoms with van der Waals surface area (Å²) in [5.41, 5.74) is 2.16. The van der Waals surface area contributed by atoms with E-state index in [1.165, 1.54) is 31.2 Å². The highest BCUT2D eigenvalue weighted by atomic mass is 16.1. The second-order valence-corrected chi connectivity index (χ2v) is 4.62. The fourth-order valence-corrected chi connectivity index (χ4v) is 2.61. The summed E-state index contributed by atoms with van der Waals surface area (Å²) in [5, 5.41) is 0. The van der Waals surface area contributed by atoms with Gasteiger partial charge in [0.2, 0.25) is 0 Å². The molecule has 1 fully saturated rings. The van der Waals surface area contributed by atoms with E-state index in [0.29, 0.717) is 5.92 Å². The highest BCUT2D eigenvalue weighted by Gasteiger charge is 2.22. The molecule has 1 aliphatic rings. The molecule has 0 amide bonds. The van der Waals surface area contributed by atoms with Gasteiger partial charge in [0.25, 0.3) is 0 Å². The first-order chi connectivity index (χ1) is 7.31. The van der Waals surface area contributed by atoms with Crippen molar-refractivity contribution in [1.29, 1.82) is 0 Å². The summed E-state index contributed by atoms with van der Waals surface area (Å²) in [6, 6.07) is 8.06. The first kappa shape index (κ1) is 10.4. The third-order valence-corrected chi connectivity index (χ3v) is 3.71. The Morgan fingerprint density at radius 2 is 1.80 bits per heavy atom. The molecule has 0 aliphatic heterocycles. The van der Waals surface area contributed by atoms with Crippen molar-refractivity contribution >= 4 is 6.29 Å². The van der Waals surface area contributed by atoms with E-state index in [4.69, 9.17) is 0 Å². The lowest BCUT2D eigenvalue weighted by Crippen LogP contribution is -2.05. The molecule has 0 heterocycles. The van der Waals surface area contributed by atoms with Crippen LogP contribution in [0.1, 0.15) is 54.4 Å². The molecule has 0 N–H and O–H groups in total. The zero-order chi connectivity index (χ0) is 10.7. The number of hydrogen-bond acceptors (Lipinski definition) is 1. The molecular formula is C14H18O. The van der Waals surface area contributed by atoms with E-state index in [1.807, 2.05) is 12.1 Å². The van der Waals surface area contributed by atoms with E-state index >= 15 is 0 Å². The van der Waals surface area contributed by atoms with Gasteiger partial charge in [-0.15, -0.1) is 0 Å². The molecule has 1 heteroatoms. The molecule has 80 valence electrons. The number of aldehydes is 1. The number of rotatable bonds is 3. The molecule has 1 aliphatic carbocycles. The van der Waals surface area contributed by atoms with Gasteiger partial charge in [0.1, 0.15) is 6.29 Å². The lowest BCUT2D eigenvalue weighted by Gasteiger charge is -2.19. The molecule has 0 spiro atoms.